The minimum absolute atomic E-state index is 0.517. The zero-order chi connectivity index (χ0) is 12.3. The van der Waals surface area contributed by atoms with Crippen LogP contribution in [0.25, 0.3) is 10.1 Å². The number of nitrogens with one attached hydrogen (secondary N) is 1. The summed E-state index contributed by atoms with van der Waals surface area (Å²) < 4.78 is 1.38. The molecule has 0 aliphatic rings. The molecule has 1 N–H and O–H groups in total. The zero-order valence-corrected chi connectivity index (χ0v) is 11.6. The molecule has 0 amide bonds. The van der Waals surface area contributed by atoms with E-state index < -0.39 is 0 Å². The summed E-state index contributed by atoms with van der Waals surface area (Å²) in [6.07, 6.45) is 0. The normalized spacial score (nSPS) is 13.4. The Hall–Kier alpha value is -0.900. The van der Waals surface area contributed by atoms with Crippen molar-refractivity contribution in [2.45, 2.75) is 19.5 Å². The van der Waals surface area contributed by atoms with Gasteiger partial charge < -0.3 is 10.2 Å². The zero-order valence-electron chi connectivity index (χ0n) is 10.7. The third kappa shape index (κ3) is 3.28. The molecule has 1 unspecified atom stereocenters. The van der Waals surface area contributed by atoms with Crippen LogP contribution in [-0.2, 0) is 6.54 Å². The molecule has 1 atom stereocenters. The number of hydrogen-bond acceptors (Lipinski definition) is 3. The van der Waals surface area contributed by atoms with Gasteiger partial charge in [-0.3, -0.25) is 0 Å². The SMILES string of the molecule is CC(CN(C)C)NCc1csc2ccccc12. The maximum absolute atomic E-state index is 3.57. The Morgan fingerprint density at radius 1 is 1.29 bits per heavy atom. The van der Waals surface area contributed by atoms with Gasteiger partial charge in [0.25, 0.3) is 0 Å². The van der Waals surface area contributed by atoms with Gasteiger partial charge in [0, 0.05) is 23.8 Å². The molecule has 0 saturated heterocycles. The molecule has 17 heavy (non-hydrogen) atoms. The van der Waals surface area contributed by atoms with Crippen LogP contribution >= 0.6 is 11.3 Å². The lowest BCUT2D eigenvalue weighted by atomic mass is 10.1. The molecule has 1 aromatic carbocycles. The monoisotopic (exact) mass is 248 g/mol. The molecule has 2 rings (SSSR count). The van der Waals surface area contributed by atoms with Crippen molar-refractivity contribution in [2.75, 3.05) is 20.6 Å². The molecule has 0 spiro atoms. The lowest BCUT2D eigenvalue weighted by Gasteiger charge is -2.18. The van der Waals surface area contributed by atoms with E-state index in [9.17, 15) is 0 Å². The predicted molar refractivity (Wildman–Crippen MR) is 76.7 cm³/mol. The molecular weight excluding hydrogens is 228 g/mol. The minimum Gasteiger partial charge on any atom is -0.309 e. The Labute approximate surface area is 107 Å². The summed E-state index contributed by atoms with van der Waals surface area (Å²) in [7, 11) is 4.22. The molecule has 0 radical (unpaired) electrons. The summed E-state index contributed by atoms with van der Waals surface area (Å²) >= 11 is 1.83. The van der Waals surface area contributed by atoms with E-state index in [1.165, 1.54) is 15.6 Å². The second-order valence-corrected chi connectivity index (χ2v) is 5.71. The number of likely N-dealkylation sites (N-methyl/N-ethyl adjacent to an activating group) is 1. The maximum atomic E-state index is 3.57. The van der Waals surface area contributed by atoms with Gasteiger partial charge in [0.15, 0.2) is 0 Å². The highest BCUT2D eigenvalue weighted by atomic mass is 32.1. The second-order valence-electron chi connectivity index (χ2n) is 4.80. The average Bonchev–Trinajstić information content (AvgIpc) is 2.69. The fraction of sp³-hybridized carbons (Fsp3) is 0.429. The molecule has 0 aliphatic carbocycles. The number of fused-ring (bicyclic) bond motifs is 1. The van der Waals surface area contributed by atoms with Crippen LogP contribution in [0.2, 0.25) is 0 Å². The van der Waals surface area contributed by atoms with Crippen molar-refractivity contribution in [2.24, 2.45) is 0 Å². The lowest BCUT2D eigenvalue weighted by Crippen LogP contribution is -2.35. The molecule has 0 bridgehead atoms. The third-order valence-corrected chi connectivity index (χ3v) is 3.85. The lowest BCUT2D eigenvalue weighted by molar-refractivity contribution is 0.349. The van der Waals surface area contributed by atoms with Gasteiger partial charge in [-0.1, -0.05) is 18.2 Å². The molecule has 2 nitrogen and oxygen atoms in total. The smallest absolute Gasteiger partial charge is 0.0346 e. The van der Waals surface area contributed by atoms with Gasteiger partial charge in [-0.05, 0) is 43.4 Å². The van der Waals surface area contributed by atoms with Crippen LogP contribution in [0.4, 0.5) is 0 Å². The van der Waals surface area contributed by atoms with Crippen LogP contribution in [0.15, 0.2) is 29.6 Å². The molecule has 0 saturated carbocycles. The van der Waals surface area contributed by atoms with E-state index in [0.717, 1.165) is 13.1 Å². The van der Waals surface area contributed by atoms with Crippen LogP contribution in [-0.4, -0.2) is 31.6 Å². The van der Waals surface area contributed by atoms with E-state index in [1.807, 2.05) is 11.3 Å². The third-order valence-electron chi connectivity index (χ3n) is 2.84. The van der Waals surface area contributed by atoms with E-state index in [2.05, 4.69) is 60.9 Å². The van der Waals surface area contributed by atoms with Crippen LogP contribution in [0.3, 0.4) is 0 Å². The molecular formula is C14H20N2S. The Bertz CT molecular complexity index is 476. The first-order valence-corrected chi connectivity index (χ1v) is 6.88. The van der Waals surface area contributed by atoms with Crippen LogP contribution in [0.5, 0.6) is 0 Å². The van der Waals surface area contributed by atoms with Gasteiger partial charge >= 0.3 is 0 Å². The fourth-order valence-electron chi connectivity index (χ4n) is 2.07. The van der Waals surface area contributed by atoms with Crippen molar-refractivity contribution in [1.82, 2.24) is 10.2 Å². The van der Waals surface area contributed by atoms with Gasteiger partial charge in [-0.2, -0.15) is 0 Å². The molecule has 1 aromatic heterocycles. The number of nitrogens with zero attached hydrogens (tertiary/aromatic N) is 1. The van der Waals surface area contributed by atoms with Crippen LogP contribution < -0.4 is 5.32 Å². The van der Waals surface area contributed by atoms with Gasteiger partial charge in [-0.15, -0.1) is 11.3 Å². The van der Waals surface area contributed by atoms with E-state index in [4.69, 9.17) is 0 Å². The van der Waals surface area contributed by atoms with Crippen molar-refractivity contribution in [1.29, 1.82) is 0 Å². The first kappa shape index (κ1) is 12.6. The number of hydrogen-bond donors (Lipinski definition) is 1. The van der Waals surface area contributed by atoms with Crippen molar-refractivity contribution in [3.63, 3.8) is 0 Å². The molecule has 2 aromatic rings. The fourth-order valence-corrected chi connectivity index (χ4v) is 3.03. The largest absolute Gasteiger partial charge is 0.309 e. The topological polar surface area (TPSA) is 15.3 Å². The predicted octanol–water partition coefficient (Wildman–Crippen LogP) is 2.94. The van der Waals surface area contributed by atoms with Crippen molar-refractivity contribution >= 4 is 21.4 Å². The first-order valence-electron chi connectivity index (χ1n) is 6.00. The standard InChI is InChI=1S/C14H20N2S/c1-11(9-16(2)3)15-8-12-10-17-14-7-5-4-6-13(12)14/h4-7,10-11,15H,8-9H2,1-3H3. The Morgan fingerprint density at radius 2 is 2.06 bits per heavy atom. The highest BCUT2D eigenvalue weighted by Gasteiger charge is 2.06. The van der Waals surface area contributed by atoms with Gasteiger partial charge in [-0.25, -0.2) is 0 Å². The van der Waals surface area contributed by atoms with Crippen LogP contribution in [0.1, 0.15) is 12.5 Å². The van der Waals surface area contributed by atoms with Gasteiger partial charge in [0.2, 0.25) is 0 Å². The van der Waals surface area contributed by atoms with E-state index >= 15 is 0 Å². The van der Waals surface area contributed by atoms with E-state index in [0.29, 0.717) is 6.04 Å². The Kier molecular flexibility index (Phi) is 4.15. The van der Waals surface area contributed by atoms with Gasteiger partial charge in [0.05, 0.1) is 0 Å². The molecule has 1 heterocycles. The summed E-state index contributed by atoms with van der Waals surface area (Å²) in [5.74, 6) is 0. The maximum Gasteiger partial charge on any atom is 0.0346 e. The van der Waals surface area contributed by atoms with Crippen molar-refractivity contribution in [3.8, 4) is 0 Å². The molecule has 0 fully saturated rings. The summed E-state index contributed by atoms with van der Waals surface area (Å²) in [5.41, 5.74) is 1.41. The number of thiophene rings is 1. The number of rotatable bonds is 5. The Balaban J connectivity index is 1.99. The van der Waals surface area contributed by atoms with Crippen molar-refractivity contribution in [3.05, 3.63) is 35.2 Å². The highest BCUT2D eigenvalue weighted by molar-refractivity contribution is 7.17. The van der Waals surface area contributed by atoms with Gasteiger partial charge in [0.1, 0.15) is 0 Å². The second kappa shape index (κ2) is 5.63. The molecule has 0 aliphatic heterocycles. The number of benzene rings is 1. The molecule has 3 heteroatoms. The summed E-state index contributed by atoms with van der Waals surface area (Å²) in [4.78, 5) is 2.21. The Morgan fingerprint density at radius 3 is 2.82 bits per heavy atom. The summed E-state index contributed by atoms with van der Waals surface area (Å²) in [6.45, 7) is 4.26. The molecule has 92 valence electrons. The average molecular weight is 248 g/mol. The summed E-state index contributed by atoms with van der Waals surface area (Å²) in [5, 5.41) is 7.23. The van der Waals surface area contributed by atoms with Crippen LogP contribution in [0, 0.1) is 0 Å². The van der Waals surface area contributed by atoms with Crippen molar-refractivity contribution < 1.29 is 0 Å². The highest BCUT2D eigenvalue weighted by Crippen LogP contribution is 2.25. The quantitative estimate of drug-likeness (QED) is 0.875. The van der Waals surface area contributed by atoms with E-state index in [1.54, 1.807) is 0 Å². The van der Waals surface area contributed by atoms with E-state index in [-0.39, 0.29) is 0 Å². The minimum atomic E-state index is 0.517. The summed E-state index contributed by atoms with van der Waals surface area (Å²) in [6, 6.07) is 9.13. The first-order chi connectivity index (χ1) is 8.16.